The van der Waals surface area contributed by atoms with Crippen LogP contribution in [0.15, 0.2) is 6.07 Å². The van der Waals surface area contributed by atoms with E-state index in [1.807, 2.05) is 13.0 Å². The fraction of sp³-hybridized carbons (Fsp3) is 0.455. The fourth-order valence-corrected chi connectivity index (χ4v) is 1.74. The second-order valence-electron chi connectivity index (χ2n) is 3.40. The molecule has 0 saturated heterocycles. The number of H-pyrrole nitrogens is 1. The first-order valence-corrected chi connectivity index (χ1v) is 5.22. The number of pyridine rings is 1. The molecule has 0 aliphatic heterocycles. The molecule has 2 nitrogen and oxygen atoms in total. The normalized spacial score (nSPS) is 9.79. The maximum atomic E-state index is 8.83. The third-order valence-electron chi connectivity index (χ3n) is 2.20. The molecule has 3 heteroatoms. The summed E-state index contributed by atoms with van der Waals surface area (Å²) in [6.07, 6.45) is 3.32. The zero-order valence-corrected chi connectivity index (χ0v) is 9.37. The van der Waals surface area contributed by atoms with Crippen molar-refractivity contribution in [2.45, 2.75) is 33.1 Å². The van der Waals surface area contributed by atoms with E-state index < -0.39 is 0 Å². The van der Waals surface area contributed by atoms with Crippen LogP contribution < -0.4 is 0 Å². The van der Waals surface area contributed by atoms with Gasteiger partial charge < -0.3 is 4.98 Å². The van der Waals surface area contributed by atoms with Gasteiger partial charge in [0.15, 0.2) is 0 Å². The maximum Gasteiger partial charge on any atom is 0.121 e. The Hall–Kier alpha value is -1.14. The van der Waals surface area contributed by atoms with Crippen LogP contribution in [0.25, 0.3) is 0 Å². The maximum absolute atomic E-state index is 8.83. The van der Waals surface area contributed by atoms with Gasteiger partial charge in [0, 0.05) is 5.69 Å². The van der Waals surface area contributed by atoms with Gasteiger partial charge in [0.2, 0.25) is 0 Å². The molecule has 1 aromatic heterocycles. The summed E-state index contributed by atoms with van der Waals surface area (Å²) in [4.78, 5) is 3.09. The van der Waals surface area contributed by atoms with Gasteiger partial charge >= 0.3 is 0 Å². The average molecular weight is 206 g/mol. The molecule has 0 radical (unpaired) electrons. The molecule has 1 rings (SSSR count). The molecule has 0 unspecified atom stereocenters. The molecule has 0 atom stereocenters. The molecule has 0 aliphatic carbocycles. The number of hydrogen-bond acceptors (Lipinski definition) is 2. The molecule has 1 heterocycles. The van der Waals surface area contributed by atoms with Crippen molar-refractivity contribution in [3.63, 3.8) is 0 Å². The molecule has 0 spiro atoms. The highest BCUT2D eigenvalue weighted by Crippen LogP contribution is 2.11. The average Bonchev–Trinajstić information content (AvgIpc) is 2.14. The highest BCUT2D eigenvalue weighted by Gasteiger charge is 2.02. The first-order chi connectivity index (χ1) is 6.69. The predicted molar refractivity (Wildman–Crippen MR) is 59.7 cm³/mol. The molecule has 14 heavy (non-hydrogen) atoms. The molecule has 0 amide bonds. The van der Waals surface area contributed by atoms with E-state index in [0.29, 0.717) is 10.2 Å². The Kier molecular flexibility index (Phi) is 3.84. The Labute approximate surface area is 89.6 Å². The van der Waals surface area contributed by atoms with E-state index in [1.54, 1.807) is 0 Å². The van der Waals surface area contributed by atoms with Gasteiger partial charge in [-0.05, 0) is 31.4 Å². The third kappa shape index (κ3) is 2.43. The molecule has 0 bridgehead atoms. The summed E-state index contributed by atoms with van der Waals surface area (Å²) in [7, 11) is 0. The SMILES string of the molecule is CCCCc1cc(C)c(C#N)c(=S)[nH]1. The summed E-state index contributed by atoms with van der Waals surface area (Å²) in [5, 5.41) is 8.83. The Morgan fingerprint density at radius 2 is 2.29 bits per heavy atom. The molecule has 1 aromatic rings. The van der Waals surface area contributed by atoms with E-state index in [0.717, 1.165) is 24.1 Å². The lowest BCUT2D eigenvalue weighted by molar-refractivity contribution is 0.774. The minimum absolute atomic E-state index is 0.568. The molecule has 74 valence electrons. The van der Waals surface area contributed by atoms with E-state index >= 15 is 0 Å². The van der Waals surface area contributed by atoms with Gasteiger partial charge in [0.05, 0.1) is 5.56 Å². The van der Waals surface area contributed by atoms with Crippen molar-refractivity contribution in [2.24, 2.45) is 0 Å². The summed E-state index contributed by atoms with van der Waals surface area (Å²) in [5.74, 6) is 0. The van der Waals surface area contributed by atoms with Crippen LogP contribution in [0.4, 0.5) is 0 Å². The van der Waals surface area contributed by atoms with Crippen LogP contribution in [0, 0.1) is 22.9 Å². The van der Waals surface area contributed by atoms with E-state index in [1.165, 1.54) is 6.42 Å². The summed E-state index contributed by atoms with van der Waals surface area (Å²) < 4.78 is 0.568. The number of aryl methyl sites for hydroxylation is 2. The van der Waals surface area contributed by atoms with Crippen molar-refractivity contribution in [3.05, 3.63) is 27.5 Å². The number of nitrogens with one attached hydrogen (secondary N) is 1. The first-order valence-electron chi connectivity index (χ1n) is 4.82. The number of nitrogens with zero attached hydrogens (tertiary/aromatic N) is 1. The third-order valence-corrected chi connectivity index (χ3v) is 2.50. The monoisotopic (exact) mass is 206 g/mol. The highest BCUT2D eigenvalue weighted by molar-refractivity contribution is 7.71. The fourth-order valence-electron chi connectivity index (χ4n) is 1.40. The molecule has 0 saturated carbocycles. The quantitative estimate of drug-likeness (QED) is 0.771. The number of hydrogen-bond donors (Lipinski definition) is 1. The molecular weight excluding hydrogens is 192 g/mol. The number of unbranched alkanes of at least 4 members (excludes halogenated alkanes) is 1. The summed E-state index contributed by atoms with van der Waals surface area (Å²) in [6, 6.07) is 4.13. The van der Waals surface area contributed by atoms with E-state index in [-0.39, 0.29) is 0 Å². The van der Waals surface area contributed by atoms with Gasteiger partial charge in [-0.15, -0.1) is 0 Å². The van der Waals surface area contributed by atoms with Crippen LogP contribution in [0.2, 0.25) is 0 Å². The van der Waals surface area contributed by atoms with Crippen LogP contribution >= 0.6 is 12.2 Å². The molecule has 1 N–H and O–H groups in total. The molecule has 0 fully saturated rings. The van der Waals surface area contributed by atoms with Gasteiger partial charge in [0.1, 0.15) is 10.7 Å². The molecule has 0 aromatic carbocycles. The van der Waals surface area contributed by atoms with E-state index in [9.17, 15) is 0 Å². The van der Waals surface area contributed by atoms with Crippen molar-refractivity contribution >= 4 is 12.2 Å². The van der Waals surface area contributed by atoms with Crippen molar-refractivity contribution in [3.8, 4) is 6.07 Å². The van der Waals surface area contributed by atoms with Crippen LogP contribution in [-0.2, 0) is 6.42 Å². The van der Waals surface area contributed by atoms with Gasteiger partial charge in [-0.2, -0.15) is 5.26 Å². The van der Waals surface area contributed by atoms with Crippen molar-refractivity contribution < 1.29 is 0 Å². The Bertz CT molecular complexity index is 412. The van der Waals surface area contributed by atoms with Gasteiger partial charge in [-0.1, -0.05) is 25.6 Å². The van der Waals surface area contributed by atoms with E-state index in [4.69, 9.17) is 17.5 Å². The van der Waals surface area contributed by atoms with Gasteiger partial charge in [-0.3, -0.25) is 0 Å². The van der Waals surface area contributed by atoms with Crippen molar-refractivity contribution in [1.82, 2.24) is 4.98 Å². The zero-order valence-electron chi connectivity index (χ0n) is 8.55. The van der Waals surface area contributed by atoms with Crippen molar-refractivity contribution in [1.29, 1.82) is 5.26 Å². The van der Waals surface area contributed by atoms with Gasteiger partial charge in [-0.25, -0.2) is 0 Å². The smallest absolute Gasteiger partial charge is 0.121 e. The lowest BCUT2D eigenvalue weighted by Crippen LogP contribution is -1.95. The van der Waals surface area contributed by atoms with E-state index in [2.05, 4.69) is 18.0 Å². The molecular formula is C11H14N2S. The zero-order chi connectivity index (χ0) is 10.6. The lowest BCUT2D eigenvalue weighted by Gasteiger charge is -2.03. The standard InChI is InChI=1S/C11H14N2S/c1-3-4-5-9-6-8(2)10(7-12)11(14)13-9/h6H,3-5H2,1-2H3,(H,13,14). The second kappa shape index (κ2) is 4.92. The van der Waals surface area contributed by atoms with Crippen LogP contribution in [0.1, 0.15) is 36.6 Å². The minimum Gasteiger partial charge on any atom is -0.349 e. The van der Waals surface area contributed by atoms with Crippen LogP contribution in [-0.4, -0.2) is 4.98 Å². The minimum atomic E-state index is 0.568. The van der Waals surface area contributed by atoms with Crippen LogP contribution in [0.5, 0.6) is 0 Å². The van der Waals surface area contributed by atoms with Crippen molar-refractivity contribution in [2.75, 3.05) is 0 Å². The summed E-state index contributed by atoms with van der Waals surface area (Å²) in [6.45, 7) is 4.09. The predicted octanol–water partition coefficient (Wildman–Crippen LogP) is 3.27. The first kappa shape index (κ1) is 10.9. The van der Waals surface area contributed by atoms with Crippen LogP contribution in [0.3, 0.4) is 0 Å². The largest absolute Gasteiger partial charge is 0.349 e. The molecule has 0 aliphatic rings. The second-order valence-corrected chi connectivity index (χ2v) is 3.81. The Morgan fingerprint density at radius 1 is 1.57 bits per heavy atom. The summed E-state index contributed by atoms with van der Waals surface area (Å²) >= 11 is 5.10. The highest BCUT2D eigenvalue weighted by atomic mass is 32.1. The number of aromatic amines is 1. The Morgan fingerprint density at radius 3 is 2.79 bits per heavy atom. The van der Waals surface area contributed by atoms with Gasteiger partial charge in [0.25, 0.3) is 0 Å². The number of rotatable bonds is 3. The Balaban J connectivity index is 3.04. The topological polar surface area (TPSA) is 39.6 Å². The summed E-state index contributed by atoms with van der Waals surface area (Å²) in [5.41, 5.74) is 2.70. The lowest BCUT2D eigenvalue weighted by atomic mass is 10.1. The number of nitriles is 1. The number of aromatic nitrogens is 1.